The van der Waals surface area contributed by atoms with Crippen molar-refractivity contribution in [3.05, 3.63) is 24.0 Å². The molecule has 0 amide bonds. The highest BCUT2D eigenvalue weighted by molar-refractivity contribution is 7.94. The number of hydrogen-bond donors (Lipinski definition) is 0. The van der Waals surface area contributed by atoms with Gasteiger partial charge in [-0.25, -0.2) is 0 Å². The predicted octanol–water partition coefficient (Wildman–Crippen LogP) is 2.86. The van der Waals surface area contributed by atoms with Gasteiger partial charge in [0.1, 0.15) is 0 Å². The summed E-state index contributed by atoms with van der Waals surface area (Å²) in [6, 6.07) is 3.83. The van der Waals surface area contributed by atoms with Crippen LogP contribution in [-0.2, 0) is 0 Å². The first-order valence-corrected chi connectivity index (χ1v) is 5.06. The molecule has 1 rings (SSSR count). The first-order chi connectivity index (χ1) is 5.75. The van der Waals surface area contributed by atoms with Crippen molar-refractivity contribution in [1.29, 1.82) is 0 Å². The van der Waals surface area contributed by atoms with Crippen molar-refractivity contribution in [3.8, 4) is 5.75 Å². The largest absolute Gasteiger partial charge is 0.424 e. The molecule has 2 nitrogen and oxygen atoms in total. The van der Waals surface area contributed by atoms with E-state index in [-0.39, 0.29) is 0 Å². The Kier molecular flexibility index (Phi) is 3.41. The second kappa shape index (κ2) is 4.36. The van der Waals surface area contributed by atoms with Crippen LogP contribution in [0.5, 0.6) is 5.75 Å². The second-order valence-electron chi connectivity index (χ2n) is 2.79. The summed E-state index contributed by atoms with van der Waals surface area (Å²) in [5.74, 6) is 1.29. The molecule has 0 saturated heterocycles. The van der Waals surface area contributed by atoms with Crippen LogP contribution in [-0.4, -0.2) is 11.2 Å². The third-order valence-electron chi connectivity index (χ3n) is 1.52. The van der Waals surface area contributed by atoms with E-state index in [2.05, 4.69) is 18.8 Å². The Morgan fingerprint density at radius 2 is 2.25 bits per heavy atom. The summed E-state index contributed by atoms with van der Waals surface area (Å²) in [5.41, 5.74) is 1.02. The lowest BCUT2D eigenvalue weighted by atomic mass is 10.1. The van der Waals surface area contributed by atoms with Crippen molar-refractivity contribution in [3.63, 3.8) is 0 Å². The smallest absolute Gasteiger partial charge is 0.159 e. The van der Waals surface area contributed by atoms with Gasteiger partial charge in [-0.05, 0) is 18.1 Å². The van der Waals surface area contributed by atoms with Crippen molar-refractivity contribution in [2.45, 2.75) is 19.8 Å². The van der Waals surface area contributed by atoms with Crippen molar-refractivity contribution in [1.82, 2.24) is 4.98 Å². The molecular weight excluding hydrogens is 170 g/mol. The quantitative estimate of drug-likeness (QED) is 0.673. The van der Waals surface area contributed by atoms with Gasteiger partial charge in [-0.1, -0.05) is 13.8 Å². The Bertz CT molecular complexity index is 250. The summed E-state index contributed by atoms with van der Waals surface area (Å²) in [5, 5.41) is 0. The van der Waals surface area contributed by atoms with Gasteiger partial charge in [0.2, 0.25) is 0 Å². The highest BCUT2D eigenvalue weighted by Crippen LogP contribution is 2.25. The van der Waals surface area contributed by atoms with E-state index in [1.807, 2.05) is 18.4 Å². The maximum atomic E-state index is 5.35. The fourth-order valence-corrected chi connectivity index (χ4v) is 1.32. The average molecular weight is 183 g/mol. The third-order valence-corrected chi connectivity index (χ3v) is 1.87. The van der Waals surface area contributed by atoms with Crippen LogP contribution in [0.25, 0.3) is 0 Å². The molecule has 0 atom stereocenters. The number of nitrogens with zero attached hydrogens (tertiary/aromatic N) is 1. The van der Waals surface area contributed by atoms with Gasteiger partial charge in [-0.15, -0.1) is 0 Å². The molecule has 12 heavy (non-hydrogen) atoms. The van der Waals surface area contributed by atoms with Gasteiger partial charge in [0.25, 0.3) is 0 Å². The van der Waals surface area contributed by atoms with Crippen LogP contribution in [0.4, 0.5) is 0 Å². The van der Waals surface area contributed by atoms with E-state index < -0.39 is 0 Å². The summed E-state index contributed by atoms with van der Waals surface area (Å²) < 4.78 is 5.35. The lowest BCUT2D eigenvalue weighted by Crippen LogP contribution is -1.95. The van der Waals surface area contributed by atoms with Crippen LogP contribution < -0.4 is 4.18 Å². The summed E-state index contributed by atoms with van der Waals surface area (Å²) in [6.45, 7) is 4.21. The van der Waals surface area contributed by atoms with E-state index in [0.29, 0.717) is 5.92 Å². The minimum absolute atomic E-state index is 0.411. The van der Waals surface area contributed by atoms with Gasteiger partial charge in [0.15, 0.2) is 5.75 Å². The first kappa shape index (κ1) is 9.39. The van der Waals surface area contributed by atoms with Gasteiger partial charge in [0.05, 0.1) is 17.7 Å². The molecule has 0 bridgehead atoms. The zero-order valence-electron chi connectivity index (χ0n) is 7.57. The molecule has 0 aromatic carbocycles. The average Bonchev–Trinajstić information content (AvgIpc) is 2.05. The molecule has 3 heteroatoms. The zero-order valence-corrected chi connectivity index (χ0v) is 8.39. The molecule has 1 aromatic heterocycles. The topological polar surface area (TPSA) is 22.1 Å². The lowest BCUT2D eigenvalue weighted by Gasteiger charge is -2.09. The van der Waals surface area contributed by atoms with E-state index in [1.165, 1.54) is 12.0 Å². The highest BCUT2D eigenvalue weighted by Gasteiger charge is 2.07. The van der Waals surface area contributed by atoms with Crippen molar-refractivity contribution in [2.24, 2.45) is 0 Å². The van der Waals surface area contributed by atoms with Crippen LogP contribution in [0.3, 0.4) is 0 Å². The Hall–Kier alpha value is -0.700. The molecule has 0 fully saturated rings. The van der Waals surface area contributed by atoms with Crippen LogP contribution in [0.2, 0.25) is 0 Å². The summed E-state index contributed by atoms with van der Waals surface area (Å²) in [6.07, 6.45) is 3.69. The Morgan fingerprint density at radius 3 is 2.83 bits per heavy atom. The number of aromatic nitrogens is 1. The van der Waals surface area contributed by atoms with Crippen molar-refractivity contribution in [2.75, 3.05) is 6.26 Å². The maximum Gasteiger partial charge on any atom is 0.159 e. The van der Waals surface area contributed by atoms with E-state index in [4.69, 9.17) is 4.18 Å². The summed E-state index contributed by atoms with van der Waals surface area (Å²) in [4.78, 5) is 4.26. The highest BCUT2D eigenvalue weighted by atomic mass is 32.2. The molecule has 0 spiro atoms. The van der Waals surface area contributed by atoms with Crippen LogP contribution in [0.15, 0.2) is 18.3 Å². The fraction of sp³-hybridized carbons (Fsp3) is 0.444. The molecule has 0 saturated carbocycles. The summed E-state index contributed by atoms with van der Waals surface area (Å²) >= 11 is 1.35. The zero-order chi connectivity index (χ0) is 8.97. The van der Waals surface area contributed by atoms with E-state index in [9.17, 15) is 0 Å². The van der Waals surface area contributed by atoms with Crippen molar-refractivity contribution < 1.29 is 4.18 Å². The SMILES string of the molecule is CSOc1cccnc1C(C)C. The molecule has 0 N–H and O–H groups in total. The van der Waals surface area contributed by atoms with Gasteiger partial charge in [-0.2, -0.15) is 0 Å². The Morgan fingerprint density at radius 1 is 1.50 bits per heavy atom. The van der Waals surface area contributed by atoms with Crippen molar-refractivity contribution >= 4 is 12.0 Å². The third kappa shape index (κ3) is 2.14. The lowest BCUT2D eigenvalue weighted by molar-refractivity contribution is 0.617. The van der Waals surface area contributed by atoms with Crippen LogP contribution >= 0.6 is 12.0 Å². The fourth-order valence-electron chi connectivity index (χ4n) is 0.997. The van der Waals surface area contributed by atoms with E-state index in [0.717, 1.165) is 11.4 Å². The van der Waals surface area contributed by atoms with Crippen LogP contribution in [0, 0.1) is 0 Å². The first-order valence-electron chi connectivity index (χ1n) is 3.91. The van der Waals surface area contributed by atoms with Gasteiger partial charge in [-0.3, -0.25) is 4.98 Å². The summed E-state index contributed by atoms with van der Waals surface area (Å²) in [7, 11) is 0. The Balaban J connectivity index is 2.92. The van der Waals surface area contributed by atoms with Gasteiger partial charge >= 0.3 is 0 Å². The van der Waals surface area contributed by atoms with E-state index in [1.54, 1.807) is 6.20 Å². The normalized spacial score (nSPS) is 10.3. The van der Waals surface area contributed by atoms with Gasteiger partial charge in [0, 0.05) is 12.5 Å². The maximum absolute atomic E-state index is 5.35. The van der Waals surface area contributed by atoms with E-state index >= 15 is 0 Å². The second-order valence-corrected chi connectivity index (χ2v) is 3.29. The Labute approximate surface area is 77.6 Å². The number of pyridine rings is 1. The van der Waals surface area contributed by atoms with Gasteiger partial charge < -0.3 is 4.18 Å². The molecule has 1 aromatic rings. The molecule has 0 unspecified atom stereocenters. The monoisotopic (exact) mass is 183 g/mol. The molecule has 0 aliphatic heterocycles. The van der Waals surface area contributed by atoms with Crippen LogP contribution in [0.1, 0.15) is 25.5 Å². The standard InChI is InChI=1S/C9H13NOS/c1-7(2)9-8(11-12-3)5-4-6-10-9/h4-7H,1-3H3. The molecule has 0 radical (unpaired) electrons. The number of hydrogen-bond acceptors (Lipinski definition) is 3. The molecule has 66 valence electrons. The molecule has 1 heterocycles. The minimum atomic E-state index is 0.411. The predicted molar refractivity (Wildman–Crippen MR) is 52.5 cm³/mol. The molecular formula is C9H13NOS. The molecule has 0 aliphatic carbocycles. The molecule has 0 aliphatic rings. The number of rotatable bonds is 3. The minimum Gasteiger partial charge on any atom is -0.424 e.